The van der Waals surface area contributed by atoms with E-state index in [1.54, 1.807) is 0 Å². The molecule has 2 heteroatoms. The summed E-state index contributed by atoms with van der Waals surface area (Å²) in [5, 5.41) is 19.8. The first-order valence-corrected chi connectivity index (χ1v) is 11.6. The fraction of sp³-hybridized carbons (Fsp3) is 0. The molecule has 10 aromatic rings. The summed E-state index contributed by atoms with van der Waals surface area (Å²) in [6.07, 6.45) is 0. The van der Waals surface area contributed by atoms with Gasteiger partial charge in [0.25, 0.3) is 0 Å². The van der Waals surface area contributed by atoms with Crippen molar-refractivity contribution in [3.63, 3.8) is 0 Å². The molecule has 0 saturated carbocycles. The molecule has 0 amide bonds. The Labute approximate surface area is 190 Å². The Hall–Kier alpha value is -4.56. The molecule has 0 saturated heterocycles. The third-order valence-electron chi connectivity index (χ3n) is 8.53. The normalized spacial score (nSPS) is 13.5. The lowest BCUT2D eigenvalue weighted by atomic mass is 9.77. The third-order valence-corrected chi connectivity index (χ3v) is 8.53. The van der Waals surface area contributed by atoms with E-state index in [0.717, 1.165) is 32.3 Å². The molecule has 152 valence electrons. The highest BCUT2D eigenvalue weighted by molar-refractivity contribution is 6.53. The molecule has 0 aromatic heterocycles. The molecule has 10 aromatic carbocycles. The van der Waals surface area contributed by atoms with Crippen LogP contribution in [0.2, 0.25) is 0 Å². The van der Waals surface area contributed by atoms with Crippen molar-refractivity contribution in [2.24, 2.45) is 0 Å². The summed E-state index contributed by atoms with van der Waals surface area (Å²) in [6.45, 7) is 0. The second-order valence-electron chi connectivity index (χ2n) is 9.92. The highest BCUT2D eigenvalue weighted by atomic mass is 16.2. The van der Waals surface area contributed by atoms with Crippen LogP contribution in [0.15, 0.2) is 82.4 Å². The second kappa shape index (κ2) is 4.71. The molecule has 0 heterocycles. The van der Waals surface area contributed by atoms with Gasteiger partial charge in [-0.05, 0) is 88.2 Å². The van der Waals surface area contributed by atoms with Gasteiger partial charge >= 0.3 is 0 Å². The summed E-state index contributed by atoms with van der Waals surface area (Å²) in [7, 11) is 0. The van der Waals surface area contributed by atoms with Crippen LogP contribution >= 0.6 is 0 Å². The van der Waals surface area contributed by atoms with Crippen LogP contribution in [0.3, 0.4) is 0 Å². The van der Waals surface area contributed by atoms with E-state index >= 15 is 0 Å². The molecule has 0 aliphatic heterocycles. The van der Waals surface area contributed by atoms with Gasteiger partial charge in [-0.25, -0.2) is 0 Å². The van der Waals surface area contributed by atoms with E-state index in [4.69, 9.17) is 0 Å². The Morgan fingerprint density at radius 1 is 0.294 bits per heavy atom. The van der Waals surface area contributed by atoms with E-state index < -0.39 is 5.43 Å². The quantitative estimate of drug-likeness (QED) is 0.143. The predicted octanol–water partition coefficient (Wildman–Crippen LogP) is 7.41. The van der Waals surface area contributed by atoms with Crippen LogP contribution in [-0.2, 0) is 0 Å². The Morgan fingerprint density at radius 2 is 0.647 bits per heavy atom. The molecule has 0 unspecified atom stereocenters. The Kier molecular flexibility index (Phi) is 2.23. The highest BCUT2D eigenvalue weighted by Gasteiger charge is 2.27. The van der Waals surface area contributed by atoms with Crippen LogP contribution in [0.5, 0.6) is 0 Å². The van der Waals surface area contributed by atoms with E-state index in [0.29, 0.717) is 10.8 Å². The van der Waals surface area contributed by atoms with Gasteiger partial charge in [0, 0.05) is 26.9 Å². The van der Waals surface area contributed by atoms with Crippen molar-refractivity contribution in [1.29, 1.82) is 0 Å². The summed E-state index contributed by atoms with van der Waals surface area (Å²) in [5.74, 6) is 0. The van der Waals surface area contributed by atoms with Crippen LogP contribution in [0.1, 0.15) is 0 Å². The molecular formula is C32H12O2. The third kappa shape index (κ3) is 1.41. The average molecular weight is 428 g/mol. The molecule has 0 atom stereocenters. The summed E-state index contributed by atoms with van der Waals surface area (Å²) < 4.78 is 0. The predicted molar refractivity (Wildman–Crippen MR) is 144 cm³/mol. The van der Waals surface area contributed by atoms with Gasteiger partial charge < -0.3 is 0 Å². The fourth-order valence-corrected chi connectivity index (χ4v) is 7.28. The van der Waals surface area contributed by atoms with E-state index in [1.807, 2.05) is 18.2 Å². The van der Waals surface area contributed by atoms with Gasteiger partial charge in [0.2, 0.25) is 10.9 Å². The topological polar surface area (TPSA) is 34.1 Å². The van der Waals surface area contributed by atoms with Crippen molar-refractivity contribution >= 4 is 97.0 Å². The van der Waals surface area contributed by atoms with Gasteiger partial charge in [-0.1, -0.05) is 54.6 Å². The number of rotatable bonds is 0. The standard InChI is InChI=1S/C32H12O2/c33-31-19-10-9-15-4-7-17-11-16-6-3-13-1-2-14-5-8-18-12-20(32(31)34)28-27(19)23(15)25(17)29-24(16)21(13)22(14)26(18)30(28)29/h1-12H. The summed E-state index contributed by atoms with van der Waals surface area (Å²) in [4.78, 5) is 26.7. The first kappa shape index (κ1) is 16.1. The summed E-state index contributed by atoms with van der Waals surface area (Å²) in [5.41, 5.74) is -0.781. The van der Waals surface area contributed by atoms with Gasteiger partial charge in [-0.3, -0.25) is 9.59 Å². The molecule has 0 N–H and O–H groups in total. The maximum absolute atomic E-state index is 13.4. The van der Waals surface area contributed by atoms with E-state index in [9.17, 15) is 9.59 Å². The highest BCUT2D eigenvalue weighted by Crippen LogP contribution is 2.53. The van der Waals surface area contributed by atoms with Crippen molar-refractivity contribution in [1.82, 2.24) is 0 Å². The SMILES string of the molecule is O=c1c(=O)c2cc3ccc4ccc5ccc6cc7ccc8ccc1c1c8c7c7c6c5c4c3c7c21. The van der Waals surface area contributed by atoms with Crippen molar-refractivity contribution < 1.29 is 0 Å². The minimum absolute atomic E-state index is 0.389. The maximum atomic E-state index is 13.4. The van der Waals surface area contributed by atoms with E-state index in [-0.39, 0.29) is 5.43 Å². The van der Waals surface area contributed by atoms with Gasteiger partial charge in [0.15, 0.2) is 0 Å². The monoisotopic (exact) mass is 428 g/mol. The maximum Gasteiger partial charge on any atom is 0.234 e. The van der Waals surface area contributed by atoms with Gasteiger partial charge in [-0.15, -0.1) is 0 Å². The second-order valence-corrected chi connectivity index (χ2v) is 9.92. The van der Waals surface area contributed by atoms with E-state index in [2.05, 4.69) is 54.6 Å². The molecule has 0 spiro atoms. The zero-order valence-corrected chi connectivity index (χ0v) is 17.7. The van der Waals surface area contributed by atoms with Crippen LogP contribution < -0.4 is 10.9 Å². The van der Waals surface area contributed by atoms with Crippen LogP contribution in [-0.4, -0.2) is 0 Å². The zero-order valence-electron chi connectivity index (χ0n) is 17.7. The van der Waals surface area contributed by atoms with Crippen molar-refractivity contribution in [2.45, 2.75) is 0 Å². The van der Waals surface area contributed by atoms with Crippen LogP contribution in [0.25, 0.3) is 97.0 Å². The number of hydrogen-bond donors (Lipinski definition) is 0. The summed E-state index contributed by atoms with van der Waals surface area (Å²) >= 11 is 0. The lowest BCUT2D eigenvalue weighted by Crippen LogP contribution is -2.24. The molecule has 0 fully saturated rings. The first-order chi connectivity index (χ1) is 16.7. The van der Waals surface area contributed by atoms with Crippen molar-refractivity contribution in [3.05, 3.63) is 93.2 Å². The molecule has 10 rings (SSSR count). The van der Waals surface area contributed by atoms with Crippen LogP contribution in [0, 0.1) is 0 Å². The van der Waals surface area contributed by atoms with Gasteiger partial charge in [0.05, 0.1) is 0 Å². The lowest BCUT2D eigenvalue weighted by molar-refractivity contribution is 1.61. The minimum atomic E-state index is -0.392. The lowest BCUT2D eigenvalue weighted by Gasteiger charge is -2.24. The fourth-order valence-electron chi connectivity index (χ4n) is 7.28. The largest absolute Gasteiger partial charge is 0.285 e. The average Bonchev–Trinajstić information content (AvgIpc) is 2.88. The summed E-state index contributed by atoms with van der Waals surface area (Å²) in [6, 6.07) is 25.6. The Bertz CT molecular complexity index is 2570. The Morgan fingerprint density at radius 3 is 1.24 bits per heavy atom. The Balaban J connectivity index is 1.83. The minimum Gasteiger partial charge on any atom is -0.285 e. The smallest absolute Gasteiger partial charge is 0.234 e. The molecule has 0 aliphatic carbocycles. The van der Waals surface area contributed by atoms with Crippen molar-refractivity contribution in [3.8, 4) is 0 Å². The molecule has 0 aliphatic rings. The zero-order chi connectivity index (χ0) is 22.0. The number of hydrogen-bond acceptors (Lipinski definition) is 2. The molecule has 2 nitrogen and oxygen atoms in total. The molecule has 0 radical (unpaired) electrons. The van der Waals surface area contributed by atoms with E-state index in [1.165, 1.54) is 53.9 Å². The van der Waals surface area contributed by atoms with Gasteiger partial charge in [0.1, 0.15) is 0 Å². The van der Waals surface area contributed by atoms with Crippen LogP contribution in [0.4, 0.5) is 0 Å². The molecule has 34 heavy (non-hydrogen) atoms. The first-order valence-electron chi connectivity index (χ1n) is 11.6. The van der Waals surface area contributed by atoms with Gasteiger partial charge in [-0.2, -0.15) is 0 Å². The van der Waals surface area contributed by atoms with Crippen molar-refractivity contribution in [2.75, 3.05) is 0 Å². The molecule has 0 bridgehead atoms. The molecular weight excluding hydrogens is 416 g/mol. The number of benzene rings is 10.